The normalized spacial score (nSPS) is 11.0. The Morgan fingerprint density at radius 1 is 1.00 bits per heavy atom. The van der Waals surface area contributed by atoms with Crippen LogP contribution in [0.2, 0.25) is 5.02 Å². The fraction of sp³-hybridized carbons (Fsp3) is 0.208. The predicted molar refractivity (Wildman–Crippen MR) is 129 cm³/mol. The molecule has 9 heteroatoms. The van der Waals surface area contributed by atoms with Gasteiger partial charge in [0.25, 0.3) is 10.0 Å². The van der Waals surface area contributed by atoms with E-state index in [4.69, 9.17) is 21.1 Å². The van der Waals surface area contributed by atoms with Crippen molar-refractivity contribution in [2.24, 2.45) is 0 Å². The Kier molecular flexibility index (Phi) is 8.19. The van der Waals surface area contributed by atoms with E-state index in [9.17, 15) is 13.2 Å². The van der Waals surface area contributed by atoms with Gasteiger partial charge in [0.1, 0.15) is 24.7 Å². The molecule has 1 N–H and O–H groups in total. The number of benzene rings is 3. The minimum absolute atomic E-state index is 0.0544. The predicted octanol–water partition coefficient (Wildman–Crippen LogP) is 4.05. The lowest BCUT2D eigenvalue weighted by Crippen LogP contribution is -2.41. The first-order valence-electron chi connectivity index (χ1n) is 10.2. The number of methoxy groups -OCH3 is 1. The SMILES string of the molecule is COc1ccc(S(=O)(=O)N(CC(=O)NCCOc2ccccc2Cl)c2ccc(C)cc2)cc1. The van der Waals surface area contributed by atoms with Crippen LogP contribution in [0.15, 0.2) is 77.7 Å². The minimum Gasteiger partial charge on any atom is -0.497 e. The summed E-state index contributed by atoms with van der Waals surface area (Å²) in [6, 6.07) is 20.0. The molecule has 1 amide bonds. The van der Waals surface area contributed by atoms with Gasteiger partial charge in [0.2, 0.25) is 5.91 Å². The first-order valence-corrected chi connectivity index (χ1v) is 12.0. The van der Waals surface area contributed by atoms with Crippen LogP contribution in [0.5, 0.6) is 11.5 Å². The number of nitrogens with one attached hydrogen (secondary N) is 1. The third kappa shape index (κ3) is 6.40. The molecule has 3 aromatic rings. The molecule has 0 unspecified atom stereocenters. The number of carbonyl (C=O) groups excluding carboxylic acids is 1. The molecule has 0 aliphatic heterocycles. The fourth-order valence-electron chi connectivity index (χ4n) is 3.00. The van der Waals surface area contributed by atoms with E-state index in [1.54, 1.807) is 60.7 Å². The van der Waals surface area contributed by atoms with Gasteiger partial charge in [0.05, 0.1) is 29.3 Å². The first kappa shape index (κ1) is 24.4. The monoisotopic (exact) mass is 488 g/mol. The van der Waals surface area contributed by atoms with Gasteiger partial charge in [-0.1, -0.05) is 41.4 Å². The van der Waals surface area contributed by atoms with Crippen molar-refractivity contribution in [2.45, 2.75) is 11.8 Å². The van der Waals surface area contributed by atoms with Crippen LogP contribution in [0.25, 0.3) is 0 Å². The van der Waals surface area contributed by atoms with Crippen molar-refractivity contribution in [3.8, 4) is 11.5 Å². The molecule has 3 rings (SSSR count). The standard InChI is InChI=1S/C24H25ClN2O5S/c1-18-7-9-19(10-8-18)27(33(29,30)21-13-11-20(31-2)12-14-21)17-24(28)26-15-16-32-23-6-4-3-5-22(23)25/h3-14H,15-17H2,1-2H3,(H,26,28). The largest absolute Gasteiger partial charge is 0.497 e. The van der Waals surface area contributed by atoms with Crippen LogP contribution < -0.4 is 19.1 Å². The lowest BCUT2D eigenvalue weighted by molar-refractivity contribution is -0.119. The number of ether oxygens (including phenoxy) is 2. The summed E-state index contributed by atoms with van der Waals surface area (Å²) in [5, 5.41) is 3.16. The number of aryl methyl sites for hydroxylation is 1. The molecule has 174 valence electrons. The van der Waals surface area contributed by atoms with Crippen molar-refractivity contribution in [1.82, 2.24) is 5.32 Å². The maximum absolute atomic E-state index is 13.4. The molecule has 3 aromatic carbocycles. The van der Waals surface area contributed by atoms with Gasteiger partial charge in [-0.3, -0.25) is 9.10 Å². The zero-order valence-corrected chi connectivity index (χ0v) is 19.9. The number of hydrogen-bond donors (Lipinski definition) is 1. The number of nitrogens with zero attached hydrogens (tertiary/aromatic N) is 1. The van der Waals surface area contributed by atoms with E-state index in [0.717, 1.165) is 9.87 Å². The van der Waals surface area contributed by atoms with E-state index in [0.29, 0.717) is 22.2 Å². The average Bonchev–Trinajstić information content (AvgIpc) is 2.82. The summed E-state index contributed by atoms with van der Waals surface area (Å²) in [6.07, 6.45) is 0. The average molecular weight is 489 g/mol. The molecule has 0 bridgehead atoms. The van der Waals surface area contributed by atoms with E-state index in [2.05, 4.69) is 5.32 Å². The molecular weight excluding hydrogens is 464 g/mol. The molecule has 0 aliphatic rings. The summed E-state index contributed by atoms with van der Waals surface area (Å²) < 4.78 is 38.5. The highest BCUT2D eigenvalue weighted by atomic mass is 35.5. The van der Waals surface area contributed by atoms with E-state index in [-0.39, 0.29) is 24.6 Å². The van der Waals surface area contributed by atoms with Crippen LogP contribution in [0.3, 0.4) is 0 Å². The summed E-state index contributed by atoms with van der Waals surface area (Å²) in [4.78, 5) is 12.7. The lowest BCUT2D eigenvalue weighted by Gasteiger charge is -2.24. The molecule has 7 nitrogen and oxygen atoms in total. The second kappa shape index (κ2) is 11.1. The van der Waals surface area contributed by atoms with Gasteiger partial charge in [-0.05, 0) is 55.5 Å². The first-order chi connectivity index (χ1) is 15.8. The van der Waals surface area contributed by atoms with Gasteiger partial charge in [-0.2, -0.15) is 0 Å². The van der Waals surface area contributed by atoms with Crippen molar-refractivity contribution < 1.29 is 22.7 Å². The summed E-state index contributed by atoms with van der Waals surface area (Å²) >= 11 is 6.05. The van der Waals surface area contributed by atoms with Gasteiger partial charge in [0, 0.05) is 0 Å². The number of rotatable bonds is 10. The Labute approximate surface area is 198 Å². The van der Waals surface area contributed by atoms with Crippen LogP contribution >= 0.6 is 11.6 Å². The topological polar surface area (TPSA) is 84.9 Å². The number of hydrogen-bond acceptors (Lipinski definition) is 5. The molecule has 0 atom stereocenters. The van der Waals surface area contributed by atoms with Gasteiger partial charge < -0.3 is 14.8 Å². The van der Waals surface area contributed by atoms with E-state index < -0.39 is 15.9 Å². The summed E-state index contributed by atoms with van der Waals surface area (Å²) in [7, 11) is -2.50. The number of para-hydroxylation sites is 1. The molecule has 0 spiro atoms. The van der Waals surface area contributed by atoms with Crippen LogP contribution in [0.1, 0.15) is 5.56 Å². The zero-order valence-electron chi connectivity index (χ0n) is 18.3. The molecule has 0 saturated heterocycles. The Hall–Kier alpha value is -3.23. The van der Waals surface area contributed by atoms with Crippen molar-refractivity contribution in [2.75, 3.05) is 31.1 Å². The van der Waals surface area contributed by atoms with Crippen LogP contribution in [0.4, 0.5) is 5.69 Å². The molecule has 33 heavy (non-hydrogen) atoms. The quantitative estimate of drug-likeness (QED) is 0.435. The van der Waals surface area contributed by atoms with E-state index in [1.165, 1.54) is 19.2 Å². The van der Waals surface area contributed by atoms with Gasteiger partial charge in [0.15, 0.2) is 0 Å². The highest BCUT2D eigenvalue weighted by Crippen LogP contribution is 2.25. The number of halogens is 1. The summed E-state index contributed by atoms with van der Waals surface area (Å²) in [6.45, 7) is 1.89. The Balaban J connectivity index is 1.72. The van der Waals surface area contributed by atoms with Crippen LogP contribution in [0, 0.1) is 6.92 Å². The van der Waals surface area contributed by atoms with Crippen molar-refractivity contribution in [3.63, 3.8) is 0 Å². The minimum atomic E-state index is -4.00. The van der Waals surface area contributed by atoms with Crippen LogP contribution in [-0.2, 0) is 14.8 Å². The zero-order chi connectivity index (χ0) is 23.8. The summed E-state index contributed by atoms with van der Waals surface area (Å²) in [5.74, 6) is 0.583. The molecule has 0 fully saturated rings. The van der Waals surface area contributed by atoms with Crippen molar-refractivity contribution in [1.29, 1.82) is 0 Å². The summed E-state index contributed by atoms with van der Waals surface area (Å²) in [5.41, 5.74) is 1.36. The maximum Gasteiger partial charge on any atom is 0.264 e. The number of sulfonamides is 1. The molecule has 0 aromatic heterocycles. The second-order valence-corrected chi connectivity index (χ2v) is 9.42. The Morgan fingerprint density at radius 2 is 1.67 bits per heavy atom. The van der Waals surface area contributed by atoms with Gasteiger partial charge in [-0.25, -0.2) is 8.42 Å². The smallest absolute Gasteiger partial charge is 0.264 e. The van der Waals surface area contributed by atoms with E-state index in [1.807, 2.05) is 6.92 Å². The Morgan fingerprint density at radius 3 is 2.30 bits per heavy atom. The van der Waals surface area contributed by atoms with E-state index >= 15 is 0 Å². The Bertz CT molecular complexity index is 1180. The molecule has 0 saturated carbocycles. The van der Waals surface area contributed by atoms with Gasteiger partial charge >= 0.3 is 0 Å². The third-order valence-electron chi connectivity index (χ3n) is 4.78. The van der Waals surface area contributed by atoms with Crippen molar-refractivity contribution in [3.05, 3.63) is 83.4 Å². The maximum atomic E-state index is 13.4. The molecular formula is C24H25ClN2O5S. The molecule has 0 aliphatic carbocycles. The highest BCUT2D eigenvalue weighted by Gasteiger charge is 2.27. The second-order valence-electron chi connectivity index (χ2n) is 7.15. The highest BCUT2D eigenvalue weighted by molar-refractivity contribution is 7.92. The fourth-order valence-corrected chi connectivity index (χ4v) is 4.61. The number of anilines is 1. The lowest BCUT2D eigenvalue weighted by atomic mass is 10.2. The van der Waals surface area contributed by atoms with Gasteiger partial charge in [-0.15, -0.1) is 0 Å². The number of amides is 1. The third-order valence-corrected chi connectivity index (χ3v) is 6.88. The number of carbonyl (C=O) groups is 1. The van der Waals surface area contributed by atoms with Crippen LogP contribution in [-0.4, -0.2) is 41.1 Å². The van der Waals surface area contributed by atoms with Crippen molar-refractivity contribution >= 4 is 33.2 Å². The molecule has 0 radical (unpaired) electrons. The molecule has 0 heterocycles.